The first-order chi connectivity index (χ1) is 6.20. The molecule has 0 saturated carbocycles. The summed E-state index contributed by atoms with van der Waals surface area (Å²) >= 11 is 0. The van der Waals surface area contributed by atoms with Crippen LogP contribution in [0.3, 0.4) is 0 Å². The van der Waals surface area contributed by atoms with Gasteiger partial charge in [-0.25, -0.2) is 9.48 Å². The van der Waals surface area contributed by atoms with E-state index in [0.717, 1.165) is 0 Å². The molecule has 13 heavy (non-hydrogen) atoms. The van der Waals surface area contributed by atoms with E-state index in [1.54, 1.807) is 6.92 Å². The highest BCUT2D eigenvalue weighted by atomic mass is 16.5. The molecule has 0 aromatic carbocycles. The summed E-state index contributed by atoms with van der Waals surface area (Å²) in [6.07, 6.45) is 1.40. The van der Waals surface area contributed by atoms with Crippen LogP contribution in [0.4, 0.5) is 0 Å². The van der Waals surface area contributed by atoms with Crippen LogP contribution in [-0.4, -0.2) is 22.9 Å². The smallest absolute Gasteiger partial charge is 0.343 e. The first-order valence-corrected chi connectivity index (χ1v) is 3.85. The molecule has 0 saturated heterocycles. The predicted octanol–water partition coefficient (Wildman–Crippen LogP) is 0.0498. The van der Waals surface area contributed by atoms with Crippen molar-refractivity contribution in [3.05, 3.63) is 28.2 Å². The first-order valence-electron chi connectivity index (χ1n) is 3.85. The van der Waals surface area contributed by atoms with Crippen LogP contribution >= 0.6 is 0 Å². The number of hydrogen-bond donors (Lipinski definition) is 0. The Bertz CT molecular complexity index is 370. The number of aryl methyl sites for hydroxylation is 1. The van der Waals surface area contributed by atoms with Gasteiger partial charge in [-0.05, 0) is 13.0 Å². The second-order valence-corrected chi connectivity index (χ2v) is 2.36. The van der Waals surface area contributed by atoms with E-state index in [4.69, 9.17) is 0 Å². The highest BCUT2D eigenvalue weighted by molar-refractivity contribution is 5.88. The number of hydrogen-bond acceptors (Lipinski definition) is 4. The van der Waals surface area contributed by atoms with Gasteiger partial charge < -0.3 is 4.74 Å². The van der Waals surface area contributed by atoms with E-state index in [2.05, 4.69) is 9.84 Å². The van der Waals surface area contributed by atoms with Gasteiger partial charge in [0.2, 0.25) is 0 Å². The molecule has 70 valence electrons. The largest absolute Gasteiger partial charge is 0.465 e. The Balaban J connectivity index is 3.24. The van der Waals surface area contributed by atoms with Crippen molar-refractivity contribution >= 4 is 5.97 Å². The third kappa shape index (κ3) is 1.74. The second-order valence-electron chi connectivity index (χ2n) is 2.36. The van der Waals surface area contributed by atoms with Crippen molar-refractivity contribution in [1.82, 2.24) is 9.78 Å². The summed E-state index contributed by atoms with van der Waals surface area (Å²) in [5, 5.41) is 3.77. The predicted molar refractivity (Wildman–Crippen MR) is 45.5 cm³/mol. The Morgan fingerprint density at radius 2 is 2.38 bits per heavy atom. The van der Waals surface area contributed by atoms with Gasteiger partial charge >= 0.3 is 5.97 Å². The quantitative estimate of drug-likeness (QED) is 0.606. The third-order valence-electron chi connectivity index (χ3n) is 1.62. The van der Waals surface area contributed by atoms with Crippen molar-refractivity contribution in [3.63, 3.8) is 0 Å². The monoisotopic (exact) mass is 182 g/mol. The maximum absolute atomic E-state index is 11.4. The lowest BCUT2D eigenvalue weighted by atomic mass is 10.3. The number of carbonyl (C=O) groups excluding carboxylic acids is 1. The Kier molecular flexibility index (Phi) is 2.79. The molecule has 0 aliphatic rings. The van der Waals surface area contributed by atoms with E-state index in [0.29, 0.717) is 6.54 Å². The van der Waals surface area contributed by atoms with Gasteiger partial charge in [-0.1, -0.05) is 0 Å². The number of rotatable bonds is 2. The van der Waals surface area contributed by atoms with Crippen LogP contribution in [0, 0.1) is 0 Å². The molecule has 0 aliphatic heterocycles. The van der Waals surface area contributed by atoms with E-state index in [1.807, 2.05) is 0 Å². The fourth-order valence-electron chi connectivity index (χ4n) is 0.942. The molecule has 5 heteroatoms. The van der Waals surface area contributed by atoms with Crippen molar-refractivity contribution < 1.29 is 9.53 Å². The van der Waals surface area contributed by atoms with Crippen LogP contribution in [0.25, 0.3) is 0 Å². The molecule has 0 atom stereocenters. The molecule has 1 aromatic heterocycles. The summed E-state index contributed by atoms with van der Waals surface area (Å²) in [4.78, 5) is 22.4. The van der Waals surface area contributed by atoms with Crippen LogP contribution in [-0.2, 0) is 11.3 Å². The number of esters is 1. The Hall–Kier alpha value is -1.65. The molecule has 0 radical (unpaired) electrons. The van der Waals surface area contributed by atoms with Crippen molar-refractivity contribution in [2.75, 3.05) is 7.11 Å². The Morgan fingerprint density at radius 1 is 1.69 bits per heavy atom. The molecule has 0 fully saturated rings. The molecule has 0 N–H and O–H groups in total. The zero-order valence-electron chi connectivity index (χ0n) is 7.48. The van der Waals surface area contributed by atoms with Gasteiger partial charge in [-0.3, -0.25) is 4.79 Å². The summed E-state index contributed by atoms with van der Waals surface area (Å²) < 4.78 is 5.64. The highest BCUT2D eigenvalue weighted by Gasteiger charge is 2.11. The van der Waals surface area contributed by atoms with Crippen molar-refractivity contribution in [1.29, 1.82) is 0 Å². The number of nitrogens with zero attached hydrogens (tertiary/aromatic N) is 2. The molecule has 0 spiro atoms. The molecule has 0 amide bonds. The highest BCUT2D eigenvalue weighted by Crippen LogP contribution is 1.91. The zero-order valence-corrected chi connectivity index (χ0v) is 7.48. The average Bonchev–Trinajstić information content (AvgIpc) is 2.17. The zero-order chi connectivity index (χ0) is 9.84. The average molecular weight is 182 g/mol. The minimum Gasteiger partial charge on any atom is -0.465 e. The van der Waals surface area contributed by atoms with Crippen LogP contribution in [0.15, 0.2) is 17.1 Å². The van der Waals surface area contributed by atoms with Gasteiger partial charge in [0.25, 0.3) is 5.56 Å². The molecule has 1 rings (SSSR count). The number of methoxy groups -OCH3 is 1. The maximum atomic E-state index is 11.4. The molecule has 1 heterocycles. The molecular formula is C8H10N2O3. The van der Waals surface area contributed by atoms with Crippen LogP contribution in [0.5, 0.6) is 0 Å². The fraction of sp³-hybridized carbons (Fsp3) is 0.375. The molecule has 0 bridgehead atoms. The van der Waals surface area contributed by atoms with E-state index in [9.17, 15) is 9.59 Å². The number of carbonyl (C=O) groups is 1. The molecule has 1 aromatic rings. The normalized spacial score (nSPS) is 9.69. The molecule has 5 nitrogen and oxygen atoms in total. The van der Waals surface area contributed by atoms with E-state index in [-0.39, 0.29) is 5.56 Å². The summed E-state index contributed by atoms with van der Waals surface area (Å²) in [7, 11) is 1.23. The number of ether oxygens (including phenoxy) is 1. The summed E-state index contributed by atoms with van der Waals surface area (Å²) in [6.45, 7) is 2.21. The van der Waals surface area contributed by atoms with Crippen LogP contribution in [0.1, 0.15) is 17.3 Å². The summed E-state index contributed by atoms with van der Waals surface area (Å²) in [5.74, 6) is -0.630. The lowest BCUT2D eigenvalue weighted by Crippen LogP contribution is -2.27. The number of aromatic nitrogens is 2. The fourth-order valence-corrected chi connectivity index (χ4v) is 0.942. The SMILES string of the molecule is CCn1nccc(C(=O)OC)c1=O. The van der Waals surface area contributed by atoms with Gasteiger partial charge in [0, 0.05) is 12.7 Å². The summed E-state index contributed by atoms with van der Waals surface area (Å²) in [6, 6.07) is 1.35. The van der Waals surface area contributed by atoms with E-state index in [1.165, 1.54) is 24.1 Å². The lowest BCUT2D eigenvalue weighted by Gasteiger charge is -2.01. The Labute approximate surface area is 74.9 Å². The summed E-state index contributed by atoms with van der Waals surface area (Å²) in [5.41, 5.74) is -0.406. The van der Waals surface area contributed by atoms with Gasteiger partial charge in [-0.2, -0.15) is 5.10 Å². The van der Waals surface area contributed by atoms with Crippen molar-refractivity contribution in [2.24, 2.45) is 0 Å². The first kappa shape index (κ1) is 9.44. The van der Waals surface area contributed by atoms with Gasteiger partial charge in [0.15, 0.2) is 0 Å². The van der Waals surface area contributed by atoms with E-state index >= 15 is 0 Å². The van der Waals surface area contributed by atoms with Crippen LogP contribution < -0.4 is 5.56 Å². The Morgan fingerprint density at radius 3 is 2.92 bits per heavy atom. The lowest BCUT2D eigenvalue weighted by molar-refractivity contribution is 0.0597. The standard InChI is InChI=1S/C8H10N2O3/c1-3-10-7(11)6(4-5-9-10)8(12)13-2/h4-5H,3H2,1-2H3. The maximum Gasteiger partial charge on any atom is 0.343 e. The third-order valence-corrected chi connectivity index (χ3v) is 1.62. The minimum atomic E-state index is -0.630. The second kappa shape index (κ2) is 3.84. The van der Waals surface area contributed by atoms with E-state index < -0.39 is 11.5 Å². The van der Waals surface area contributed by atoms with Gasteiger partial charge in [-0.15, -0.1) is 0 Å². The molecular weight excluding hydrogens is 172 g/mol. The topological polar surface area (TPSA) is 61.2 Å². The van der Waals surface area contributed by atoms with Crippen LogP contribution in [0.2, 0.25) is 0 Å². The van der Waals surface area contributed by atoms with Crippen molar-refractivity contribution in [3.8, 4) is 0 Å². The van der Waals surface area contributed by atoms with Gasteiger partial charge in [0.1, 0.15) is 5.56 Å². The minimum absolute atomic E-state index is 0.0133. The molecule has 0 aliphatic carbocycles. The molecule has 0 unspecified atom stereocenters. The van der Waals surface area contributed by atoms with Crippen molar-refractivity contribution in [2.45, 2.75) is 13.5 Å². The van der Waals surface area contributed by atoms with Gasteiger partial charge in [0.05, 0.1) is 7.11 Å².